The molecule has 1 atom stereocenters. The Hall–Kier alpha value is -2.83. The van der Waals surface area contributed by atoms with Crippen molar-refractivity contribution in [2.45, 2.75) is 44.1 Å². The SMILES string of the molecule is CNC1CCc2[nH]c3nc(Nc4ccc5c(C6CCNCC6)c[nH]c5c4)ccc3c2C1. The number of piperidine rings is 1. The van der Waals surface area contributed by atoms with Crippen LogP contribution in [-0.2, 0) is 12.8 Å². The third kappa shape index (κ3) is 3.40. The summed E-state index contributed by atoms with van der Waals surface area (Å²) in [5.74, 6) is 1.53. The van der Waals surface area contributed by atoms with Crippen LogP contribution in [0.2, 0.25) is 0 Å². The van der Waals surface area contributed by atoms with Crippen molar-refractivity contribution in [3.05, 3.63) is 53.3 Å². The van der Waals surface area contributed by atoms with Crippen molar-refractivity contribution in [2.75, 3.05) is 25.5 Å². The largest absolute Gasteiger partial charge is 0.361 e. The summed E-state index contributed by atoms with van der Waals surface area (Å²) in [5.41, 5.74) is 7.47. The molecule has 1 aliphatic carbocycles. The Morgan fingerprint density at radius 1 is 1.03 bits per heavy atom. The zero-order valence-electron chi connectivity index (χ0n) is 18.0. The molecular weight excluding hydrogens is 384 g/mol. The van der Waals surface area contributed by atoms with Crippen LogP contribution in [0.1, 0.15) is 42.0 Å². The highest BCUT2D eigenvalue weighted by Crippen LogP contribution is 2.33. The van der Waals surface area contributed by atoms with Gasteiger partial charge in [-0.2, -0.15) is 0 Å². The first-order chi connectivity index (χ1) is 15.3. The van der Waals surface area contributed by atoms with Crippen LogP contribution in [0.25, 0.3) is 21.9 Å². The van der Waals surface area contributed by atoms with Crippen molar-refractivity contribution >= 4 is 33.4 Å². The van der Waals surface area contributed by atoms with E-state index in [0.717, 1.165) is 43.1 Å². The highest BCUT2D eigenvalue weighted by atomic mass is 15.0. The van der Waals surface area contributed by atoms with E-state index in [1.165, 1.54) is 52.4 Å². The summed E-state index contributed by atoms with van der Waals surface area (Å²) >= 11 is 0. The number of anilines is 2. The molecule has 6 nitrogen and oxygen atoms in total. The van der Waals surface area contributed by atoms with Gasteiger partial charge in [-0.15, -0.1) is 0 Å². The highest BCUT2D eigenvalue weighted by Gasteiger charge is 2.22. The van der Waals surface area contributed by atoms with Gasteiger partial charge < -0.3 is 25.9 Å². The number of aromatic nitrogens is 3. The predicted octanol–water partition coefficient (Wildman–Crippen LogP) is 4.33. The lowest BCUT2D eigenvalue weighted by molar-refractivity contribution is 0.462. The Morgan fingerprint density at radius 2 is 1.90 bits per heavy atom. The van der Waals surface area contributed by atoms with Crippen molar-refractivity contribution < 1.29 is 0 Å². The first-order valence-corrected chi connectivity index (χ1v) is 11.5. The van der Waals surface area contributed by atoms with E-state index in [1.54, 1.807) is 0 Å². The van der Waals surface area contributed by atoms with Crippen LogP contribution >= 0.6 is 0 Å². The average molecular weight is 415 g/mol. The number of nitrogens with one attached hydrogen (secondary N) is 5. The first-order valence-electron chi connectivity index (χ1n) is 11.5. The minimum absolute atomic E-state index is 0.562. The highest BCUT2D eigenvalue weighted by molar-refractivity contribution is 5.88. The van der Waals surface area contributed by atoms with E-state index in [1.807, 2.05) is 0 Å². The molecule has 1 aromatic carbocycles. The van der Waals surface area contributed by atoms with Crippen molar-refractivity contribution in [1.29, 1.82) is 0 Å². The zero-order valence-corrected chi connectivity index (χ0v) is 18.0. The van der Waals surface area contributed by atoms with E-state index in [0.29, 0.717) is 12.0 Å². The third-order valence-electron chi connectivity index (χ3n) is 7.22. The molecule has 2 aliphatic rings. The number of likely N-dealkylation sites (N-methyl/N-ethyl adjacent to an activating group) is 1. The van der Waals surface area contributed by atoms with E-state index in [4.69, 9.17) is 4.98 Å². The van der Waals surface area contributed by atoms with Crippen molar-refractivity contribution in [3.63, 3.8) is 0 Å². The van der Waals surface area contributed by atoms with Crippen molar-refractivity contribution in [2.24, 2.45) is 0 Å². The fraction of sp³-hybridized carbons (Fsp3) is 0.400. The third-order valence-corrected chi connectivity index (χ3v) is 7.22. The van der Waals surface area contributed by atoms with Gasteiger partial charge in [-0.1, -0.05) is 6.07 Å². The number of benzene rings is 1. The van der Waals surface area contributed by atoms with Gasteiger partial charge >= 0.3 is 0 Å². The van der Waals surface area contributed by atoms with Crippen LogP contribution in [-0.4, -0.2) is 41.1 Å². The van der Waals surface area contributed by atoms with Crippen LogP contribution in [0.4, 0.5) is 11.5 Å². The summed E-state index contributed by atoms with van der Waals surface area (Å²) in [6, 6.07) is 11.5. The molecule has 31 heavy (non-hydrogen) atoms. The summed E-state index contributed by atoms with van der Waals surface area (Å²) < 4.78 is 0. The van der Waals surface area contributed by atoms with Gasteiger partial charge in [0, 0.05) is 39.9 Å². The molecule has 4 heterocycles. The summed E-state index contributed by atoms with van der Waals surface area (Å²) in [6.07, 6.45) is 7.97. The van der Waals surface area contributed by atoms with E-state index < -0.39 is 0 Å². The lowest BCUT2D eigenvalue weighted by Crippen LogP contribution is -2.31. The number of hydrogen-bond donors (Lipinski definition) is 5. The molecule has 0 radical (unpaired) electrons. The number of pyridine rings is 1. The van der Waals surface area contributed by atoms with Gasteiger partial charge in [-0.05, 0) is 93.6 Å². The second kappa shape index (κ2) is 7.70. The summed E-state index contributed by atoms with van der Waals surface area (Å²) in [7, 11) is 2.06. The molecule has 1 aliphatic heterocycles. The predicted molar refractivity (Wildman–Crippen MR) is 127 cm³/mol. The Balaban J connectivity index is 1.26. The van der Waals surface area contributed by atoms with Crippen LogP contribution in [0.3, 0.4) is 0 Å². The summed E-state index contributed by atoms with van der Waals surface area (Å²) in [6.45, 7) is 2.23. The average Bonchev–Trinajstić information content (AvgIpc) is 3.39. The van der Waals surface area contributed by atoms with Gasteiger partial charge in [0.1, 0.15) is 11.5 Å². The molecule has 5 N–H and O–H groups in total. The van der Waals surface area contributed by atoms with Crippen LogP contribution in [0.15, 0.2) is 36.5 Å². The fourth-order valence-corrected chi connectivity index (χ4v) is 5.45. The standard InChI is InChI=1S/C25H30N6/c1-26-16-3-6-22-20(12-16)19-5-7-24(31-25(19)30-22)29-17-2-4-18-21(14-28-23(18)13-17)15-8-10-27-11-9-15/h2,4-5,7,13-16,26-28H,3,6,8-12H2,1H3,(H2,29,30,31). The fourth-order valence-electron chi connectivity index (χ4n) is 5.45. The molecule has 1 unspecified atom stereocenters. The molecule has 1 saturated heterocycles. The van der Waals surface area contributed by atoms with Gasteiger partial charge in [0.15, 0.2) is 0 Å². The molecule has 3 aromatic heterocycles. The molecule has 6 heteroatoms. The van der Waals surface area contributed by atoms with Crippen LogP contribution < -0.4 is 16.0 Å². The van der Waals surface area contributed by atoms with Gasteiger partial charge in [-0.25, -0.2) is 4.98 Å². The Labute approximate surface area is 182 Å². The van der Waals surface area contributed by atoms with E-state index in [9.17, 15) is 0 Å². The molecule has 0 spiro atoms. The maximum Gasteiger partial charge on any atom is 0.140 e. The molecule has 0 saturated carbocycles. The second-order valence-corrected chi connectivity index (χ2v) is 9.06. The zero-order chi connectivity index (χ0) is 20.8. The maximum atomic E-state index is 4.88. The van der Waals surface area contributed by atoms with E-state index in [2.05, 4.69) is 69.5 Å². The molecular formula is C25H30N6. The number of rotatable bonds is 4. The van der Waals surface area contributed by atoms with Gasteiger partial charge in [-0.3, -0.25) is 0 Å². The number of nitrogens with zero attached hydrogens (tertiary/aromatic N) is 1. The first kappa shape index (κ1) is 18.9. The lowest BCUT2D eigenvalue weighted by atomic mass is 9.90. The van der Waals surface area contributed by atoms with E-state index in [-0.39, 0.29) is 0 Å². The lowest BCUT2D eigenvalue weighted by Gasteiger charge is -2.22. The topological polar surface area (TPSA) is 80.6 Å². The molecule has 1 fully saturated rings. The monoisotopic (exact) mass is 414 g/mol. The molecule has 6 rings (SSSR count). The van der Waals surface area contributed by atoms with Crippen molar-refractivity contribution in [1.82, 2.24) is 25.6 Å². The second-order valence-electron chi connectivity index (χ2n) is 9.06. The molecule has 0 bridgehead atoms. The normalized spacial score (nSPS) is 19.7. The number of aromatic amines is 2. The van der Waals surface area contributed by atoms with Gasteiger partial charge in [0.2, 0.25) is 0 Å². The quantitative estimate of drug-likeness (QED) is 0.344. The Kier molecular flexibility index (Phi) is 4.69. The smallest absolute Gasteiger partial charge is 0.140 e. The number of aryl methyl sites for hydroxylation is 1. The van der Waals surface area contributed by atoms with Crippen LogP contribution in [0, 0.1) is 0 Å². The maximum absolute atomic E-state index is 4.88. The van der Waals surface area contributed by atoms with Gasteiger partial charge in [0.05, 0.1) is 0 Å². The van der Waals surface area contributed by atoms with Gasteiger partial charge in [0.25, 0.3) is 0 Å². The van der Waals surface area contributed by atoms with E-state index >= 15 is 0 Å². The number of hydrogen-bond acceptors (Lipinski definition) is 4. The molecule has 0 amide bonds. The minimum Gasteiger partial charge on any atom is -0.361 e. The number of fused-ring (bicyclic) bond motifs is 4. The van der Waals surface area contributed by atoms with Crippen LogP contribution in [0.5, 0.6) is 0 Å². The summed E-state index contributed by atoms with van der Waals surface area (Å²) in [5, 5.41) is 13.0. The Morgan fingerprint density at radius 3 is 2.77 bits per heavy atom. The number of H-pyrrole nitrogens is 2. The summed E-state index contributed by atoms with van der Waals surface area (Å²) in [4.78, 5) is 11.9. The minimum atomic E-state index is 0.562. The molecule has 4 aromatic rings. The van der Waals surface area contributed by atoms with Crippen molar-refractivity contribution in [3.8, 4) is 0 Å². The Bertz CT molecular complexity index is 1230. The molecule has 160 valence electrons.